The van der Waals surface area contributed by atoms with E-state index in [-0.39, 0.29) is 23.0 Å². The molecule has 0 heterocycles. The van der Waals surface area contributed by atoms with Gasteiger partial charge < -0.3 is 10.2 Å². The molecule has 208 valence electrons. The van der Waals surface area contributed by atoms with Gasteiger partial charge in [0.15, 0.2) is 0 Å². The number of anilines is 1. The zero-order valence-corrected chi connectivity index (χ0v) is 25.1. The Hall–Kier alpha value is -2.78. The summed E-state index contributed by atoms with van der Waals surface area (Å²) in [5, 5.41) is 3.59. The van der Waals surface area contributed by atoms with Crippen molar-refractivity contribution in [1.82, 2.24) is 10.2 Å². The predicted octanol–water partition coefficient (Wildman–Crippen LogP) is 6.01. The minimum atomic E-state index is -4.18. The molecule has 39 heavy (non-hydrogen) atoms. The molecule has 0 saturated carbocycles. The molecule has 0 bridgehead atoms. The molecule has 1 N–H and O–H groups in total. The molecule has 3 aromatic carbocycles. The largest absolute Gasteiger partial charge is 0.357 e. The number of carbonyl (C=O) groups is 2. The number of amides is 2. The fourth-order valence-corrected chi connectivity index (χ4v) is 5.93. The van der Waals surface area contributed by atoms with E-state index in [0.29, 0.717) is 27.1 Å². The molecule has 0 aliphatic carbocycles. The second-order valence-corrected chi connectivity index (χ2v) is 12.2. The molecule has 0 spiro atoms. The highest BCUT2D eigenvalue weighted by Crippen LogP contribution is 2.29. The monoisotopic (exact) mass is 609 g/mol. The standard InChI is InChI=1S/C28H30Cl3N3O4S/c1-5-26(28(36)32-4)33(16-20-9-13-23(29)25(31)14-20)27(35)17-34(21-10-8-19(3)24(30)15-21)39(37,38)22-11-6-18(2)7-12-22/h6-15,26H,5,16-17H2,1-4H3,(H,32,36)/t26-/m1/s1. The van der Waals surface area contributed by atoms with Gasteiger partial charge in [-0.15, -0.1) is 0 Å². The van der Waals surface area contributed by atoms with Crippen LogP contribution in [0.3, 0.4) is 0 Å². The first kappa shape index (κ1) is 30.8. The molecule has 0 radical (unpaired) electrons. The topological polar surface area (TPSA) is 86.8 Å². The lowest BCUT2D eigenvalue weighted by Crippen LogP contribution is -2.51. The van der Waals surface area contributed by atoms with Crippen molar-refractivity contribution < 1.29 is 18.0 Å². The molecular weight excluding hydrogens is 581 g/mol. The van der Waals surface area contributed by atoms with Crippen LogP contribution in [0.1, 0.15) is 30.0 Å². The quantitative estimate of drug-likeness (QED) is 0.305. The van der Waals surface area contributed by atoms with Crippen LogP contribution in [-0.2, 0) is 26.2 Å². The van der Waals surface area contributed by atoms with Crippen LogP contribution in [-0.4, -0.2) is 44.8 Å². The second-order valence-electron chi connectivity index (χ2n) is 9.07. The van der Waals surface area contributed by atoms with Crippen molar-refractivity contribution >= 4 is 62.3 Å². The zero-order chi connectivity index (χ0) is 28.9. The number of aryl methyl sites for hydroxylation is 2. The SMILES string of the molecule is CC[C@H](C(=O)NC)N(Cc1ccc(Cl)c(Cl)c1)C(=O)CN(c1ccc(C)c(Cl)c1)S(=O)(=O)c1ccc(C)cc1. The van der Waals surface area contributed by atoms with E-state index in [2.05, 4.69) is 5.32 Å². The van der Waals surface area contributed by atoms with Crippen molar-refractivity contribution in [2.45, 2.75) is 44.7 Å². The van der Waals surface area contributed by atoms with Gasteiger partial charge in [-0.1, -0.05) is 71.6 Å². The maximum atomic E-state index is 13.9. The van der Waals surface area contributed by atoms with Crippen molar-refractivity contribution in [1.29, 1.82) is 0 Å². The number of nitrogens with one attached hydrogen (secondary N) is 1. The van der Waals surface area contributed by atoms with Gasteiger partial charge >= 0.3 is 0 Å². The van der Waals surface area contributed by atoms with Crippen LogP contribution < -0.4 is 9.62 Å². The van der Waals surface area contributed by atoms with Gasteiger partial charge in [0.05, 0.1) is 20.6 Å². The van der Waals surface area contributed by atoms with E-state index < -0.39 is 28.5 Å². The first-order chi connectivity index (χ1) is 18.4. The molecule has 2 amide bonds. The van der Waals surface area contributed by atoms with Crippen LogP contribution in [0.2, 0.25) is 15.1 Å². The Kier molecular flexibility index (Phi) is 10.3. The van der Waals surface area contributed by atoms with Crippen LogP contribution in [0.4, 0.5) is 5.69 Å². The molecule has 0 aromatic heterocycles. The Morgan fingerprint density at radius 3 is 2.13 bits per heavy atom. The van der Waals surface area contributed by atoms with Gasteiger partial charge in [-0.3, -0.25) is 13.9 Å². The third-order valence-electron chi connectivity index (χ3n) is 6.30. The number of hydrogen-bond acceptors (Lipinski definition) is 4. The Labute approximate surface area is 244 Å². The van der Waals surface area contributed by atoms with Gasteiger partial charge in [-0.2, -0.15) is 0 Å². The first-order valence-corrected chi connectivity index (χ1v) is 14.8. The molecule has 3 aromatic rings. The minimum Gasteiger partial charge on any atom is -0.357 e. The van der Waals surface area contributed by atoms with Gasteiger partial charge in [0.1, 0.15) is 12.6 Å². The maximum Gasteiger partial charge on any atom is 0.264 e. The second kappa shape index (κ2) is 13.0. The number of benzene rings is 3. The molecule has 3 rings (SSSR count). The molecular formula is C28H30Cl3N3O4S. The average Bonchev–Trinajstić information content (AvgIpc) is 2.90. The van der Waals surface area contributed by atoms with Gasteiger partial charge in [-0.05, 0) is 67.8 Å². The van der Waals surface area contributed by atoms with Gasteiger partial charge in [0.2, 0.25) is 11.8 Å². The van der Waals surface area contributed by atoms with E-state index in [4.69, 9.17) is 34.8 Å². The van der Waals surface area contributed by atoms with E-state index in [1.165, 1.54) is 30.1 Å². The van der Waals surface area contributed by atoms with Gasteiger partial charge in [0, 0.05) is 18.6 Å². The van der Waals surface area contributed by atoms with Crippen LogP contribution in [0.25, 0.3) is 0 Å². The molecule has 0 aliphatic rings. The van der Waals surface area contributed by atoms with Crippen molar-refractivity contribution in [3.63, 3.8) is 0 Å². The van der Waals surface area contributed by atoms with E-state index >= 15 is 0 Å². The number of nitrogens with zero attached hydrogens (tertiary/aromatic N) is 2. The zero-order valence-electron chi connectivity index (χ0n) is 22.0. The highest BCUT2D eigenvalue weighted by molar-refractivity contribution is 7.92. The van der Waals surface area contributed by atoms with Crippen molar-refractivity contribution in [3.8, 4) is 0 Å². The maximum absolute atomic E-state index is 13.9. The number of rotatable bonds is 10. The van der Waals surface area contributed by atoms with Crippen molar-refractivity contribution in [3.05, 3.63) is 92.4 Å². The smallest absolute Gasteiger partial charge is 0.264 e. The first-order valence-electron chi connectivity index (χ1n) is 12.2. The van der Waals surface area contributed by atoms with E-state index in [9.17, 15) is 18.0 Å². The molecule has 7 nitrogen and oxygen atoms in total. The fourth-order valence-electron chi connectivity index (χ4n) is 4.02. The van der Waals surface area contributed by atoms with Crippen LogP contribution in [0, 0.1) is 13.8 Å². The van der Waals surface area contributed by atoms with Crippen LogP contribution in [0.5, 0.6) is 0 Å². The van der Waals surface area contributed by atoms with E-state index in [1.54, 1.807) is 56.3 Å². The van der Waals surface area contributed by atoms with Crippen LogP contribution in [0.15, 0.2) is 65.6 Å². The molecule has 0 aliphatic heterocycles. The summed E-state index contributed by atoms with van der Waals surface area (Å²) in [5.74, 6) is -0.957. The van der Waals surface area contributed by atoms with Gasteiger partial charge in [0.25, 0.3) is 10.0 Å². The molecule has 0 saturated heterocycles. The lowest BCUT2D eigenvalue weighted by Gasteiger charge is -2.33. The predicted molar refractivity (Wildman–Crippen MR) is 157 cm³/mol. The number of halogens is 3. The minimum absolute atomic E-state index is 0.00865. The third kappa shape index (κ3) is 7.25. The Balaban J connectivity index is 2.09. The normalized spacial score (nSPS) is 12.1. The van der Waals surface area contributed by atoms with Crippen molar-refractivity contribution in [2.75, 3.05) is 17.9 Å². The number of carbonyl (C=O) groups excluding carboxylic acids is 2. The fraction of sp³-hybridized carbons (Fsp3) is 0.286. The number of likely N-dealkylation sites (N-methyl/N-ethyl adjacent to an activating group) is 1. The van der Waals surface area contributed by atoms with E-state index in [1.807, 2.05) is 6.92 Å². The summed E-state index contributed by atoms with van der Waals surface area (Å²) in [7, 11) is -2.70. The molecule has 0 unspecified atom stereocenters. The Morgan fingerprint density at radius 1 is 0.897 bits per heavy atom. The molecule has 0 fully saturated rings. The van der Waals surface area contributed by atoms with Gasteiger partial charge in [-0.25, -0.2) is 8.42 Å². The summed E-state index contributed by atoms with van der Waals surface area (Å²) in [6, 6.07) is 15.2. The summed E-state index contributed by atoms with van der Waals surface area (Å²) in [4.78, 5) is 28.1. The third-order valence-corrected chi connectivity index (χ3v) is 9.23. The van der Waals surface area contributed by atoms with Crippen LogP contribution >= 0.6 is 34.8 Å². The number of sulfonamides is 1. The highest BCUT2D eigenvalue weighted by Gasteiger charge is 2.33. The Bertz CT molecular complexity index is 1460. The molecule has 1 atom stereocenters. The van der Waals surface area contributed by atoms with E-state index in [0.717, 1.165) is 15.4 Å². The lowest BCUT2D eigenvalue weighted by atomic mass is 10.1. The summed E-state index contributed by atoms with van der Waals surface area (Å²) in [6.07, 6.45) is 0.299. The summed E-state index contributed by atoms with van der Waals surface area (Å²) in [6.45, 7) is 4.86. The number of hydrogen-bond donors (Lipinski definition) is 1. The van der Waals surface area contributed by atoms with Crippen molar-refractivity contribution in [2.24, 2.45) is 0 Å². The average molecular weight is 611 g/mol. The Morgan fingerprint density at radius 2 is 1.56 bits per heavy atom. The molecule has 11 heteroatoms. The summed E-state index contributed by atoms with van der Waals surface area (Å²) >= 11 is 18.6. The summed E-state index contributed by atoms with van der Waals surface area (Å²) < 4.78 is 28.8. The highest BCUT2D eigenvalue weighted by atomic mass is 35.5. The summed E-state index contributed by atoms with van der Waals surface area (Å²) in [5.41, 5.74) is 2.50. The lowest BCUT2D eigenvalue weighted by molar-refractivity contribution is -0.140.